The normalized spacial score (nSPS) is 11.6. The molecule has 0 radical (unpaired) electrons. The van der Waals surface area contributed by atoms with E-state index < -0.39 is 0 Å². The summed E-state index contributed by atoms with van der Waals surface area (Å²) in [5.41, 5.74) is 3.44. The summed E-state index contributed by atoms with van der Waals surface area (Å²) in [6, 6.07) is 22.1. The van der Waals surface area contributed by atoms with Crippen LogP contribution in [0.4, 0.5) is 0 Å². The Bertz CT molecular complexity index is 1770. The van der Waals surface area contributed by atoms with E-state index in [4.69, 9.17) is 15.2 Å². The summed E-state index contributed by atoms with van der Waals surface area (Å²) in [5.74, 6) is 1.41. The van der Waals surface area contributed by atoms with Gasteiger partial charge in [-0.25, -0.2) is 4.98 Å². The van der Waals surface area contributed by atoms with Crippen LogP contribution in [0.25, 0.3) is 54.1 Å². The molecule has 0 unspecified atom stereocenters. The van der Waals surface area contributed by atoms with Crippen molar-refractivity contribution in [3.8, 4) is 44.2 Å². The van der Waals surface area contributed by atoms with Crippen LogP contribution >= 0.6 is 67.9 Å². The summed E-state index contributed by atoms with van der Waals surface area (Å²) in [6.45, 7) is 0. The Kier molecular flexibility index (Phi) is 5.51. The molecule has 36 heavy (non-hydrogen) atoms. The number of hydrogen-bond donors (Lipinski definition) is 0. The second-order valence-electron chi connectivity index (χ2n) is 7.68. The molecule has 0 aliphatic rings. The third-order valence-corrected chi connectivity index (χ3v) is 8.52. The van der Waals surface area contributed by atoms with Gasteiger partial charge in [-0.3, -0.25) is 0 Å². The van der Waals surface area contributed by atoms with Gasteiger partial charge in [0.05, 0.1) is 0 Å². The fraction of sp³-hybridized carbons (Fsp3) is 0. The average Bonchev–Trinajstić information content (AvgIpc) is 3.64. The van der Waals surface area contributed by atoms with Crippen molar-refractivity contribution in [2.45, 2.75) is 0 Å². The largest absolute Gasteiger partial charge is 0.243 e. The van der Waals surface area contributed by atoms with E-state index >= 15 is 0 Å². The van der Waals surface area contributed by atoms with Gasteiger partial charge in [-0.1, -0.05) is 53.0 Å². The Morgan fingerprint density at radius 1 is 0.583 bits per heavy atom. The van der Waals surface area contributed by atoms with Gasteiger partial charge in [-0.2, -0.15) is 19.2 Å². The van der Waals surface area contributed by atoms with Crippen LogP contribution in [0.5, 0.6) is 0 Å². The quantitative estimate of drug-likeness (QED) is 0.206. The van der Waals surface area contributed by atoms with Crippen LogP contribution in [0.15, 0.2) is 66.7 Å². The number of halogens is 2. The van der Waals surface area contributed by atoms with Gasteiger partial charge in [0.15, 0.2) is 21.7 Å². The molecule has 7 rings (SSSR count). The van der Waals surface area contributed by atoms with E-state index in [0.717, 1.165) is 39.7 Å². The predicted octanol–water partition coefficient (Wildman–Crippen LogP) is 5.96. The number of benzene rings is 2. The van der Waals surface area contributed by atoms with Crippen LogP contribution < -0.4 is 0 Å². The van der Waals surface area contributed by atoms with Crippen molar-refractivity contribution < 1.29 is 0 Å². The van der Waals surface area contributed by atoms with Gasteiger partial charge in [-0.05, 0) is 81.6 Å². The number of aromatic nitrogens is 9. The summed E-state index contributed by atoms with van der Waals surface area (Å²) in [6.07, 6.45) is 0. The predicted molar refractivity (Wildman–Crippen MR) is 156 cm³/mol. The van der Waals surface area contributed by atoms with Crippen molar-refractivity contribution in [2.75, 3.05) is 0 Å². The molecule has 0 bridgehead atoms. The lowest BCUT2D eigenvalue weighted by Crippen LogP contribution is -1.94. The first-order valence-corrected chi connectivity index (χ1v) is 14.4. The highest BCUT2D eigenvalue weighted by Gasteiger charge is 2.18. The number of pyridine rings is 1. The van der Waals surface area contributed by atoms with E-state index in [-0.39, 0.29) is 0 Å². The van der Waals surface area contributed by atoms with Crippen molar-refractivity contribution >= 4 is 77.8 Å². The number of hydrogen-bond acceptors (Lipinski definition) is 9. The van der Waals surface area contributed by atoms with Crippen LogP contribution in [-0.2, 0) is 0 Å². The maximum atomic E-state index is 4.87. The number of fused-ring (bicyclic) bond motifs is 2. The van der Waals surface area contributed by atoms with Gasteiger partial charge in [0.1, 0.15) is 11.4 Å². The van der Waals surface area contributed by atoms with Gasteiger partial charge in [0.25, 0.3) is 0 Å². The maximum Gasteiger partial charge on any atom is 0.235 e. The summed E-state index contributed by atoms with van der Waals surface area (Å²) < 4.78 is 5.80. The van der Waals surface area contributed by atoms with E-state index in [0.29, 0.717) is 21.6 Å². The van der Waals surface area contributed by atoms with E-state index in [1.54, 1.807) is 9.03 Å². The number of rotatable bonds is 4. The van der Waals surface area contributed by atoms with Gasteiger partial charge < -0.3 is 0 Å². The summed E-state index contributed by atoms with van der Waals surface area (Å²) in [7, 11) is 0. The van der Waals surface area contributed by atoms with Gasteiger partial charge in [0.2, 0.25) is 9.92 Å². The Hall–Kier alpha value is -2.89. The Balaban J connectivity index is 1.27. The third-order valence-electron chi connectivity index (χ3n) is 5.33. The smallest absolute Gasteiger partial charge is 0.235 e. The monoisotopic (exact) mass is 731 g/mol. The van der Waals surface area contributed by atoms with E-state index in [2.05, 4.69) is 77.7 Å². The topological polar surface area (TPSA) is 99.0 Å². The molecule has 0 aliphatic heterocycles. The molecule has 0 saturated heterocycles. The second-order valence-corrected chi connectivity index (χ2v) is 12.1. The lowest BCUT2D eigenvalue weighted by atomic mass is 10.2. The van der Waals surface area contributed by atoms with Crippen LogP contribution in [0.3, 0.4) is 0 Å². The third kappa shape index (κ3) is 3.89. The van der Waals surface area contributed by atoms with Crippen LogP contribution in [-0.4, -0.2) is 44.6 Å². The minimum atomic E-state index is 0.707. The van der Waals surface area contributed by atoms with E-state index in [1.807, 2.05) is 54.6 Å². The van der Waals surface area contributed by atoms with Gasteiger partial charge in [0, 0.05) is 18.3 Å². The molecule has 0 saturated carbocycles. The SMILES string of the molecule is Ic1cccc(-c2nnc3sc(-c4cccc(-c5nn6c(-c7cccc(I)c7)nnc6s5)n4)nn23)c1. The molecule has 5 aromatic heterocycles. The molecular weight excluding hydrogens is 720 g/mol. The molecule has 0 fully saturated rings. The molecule has 13 heteroatoms. The molecule has 5 heterocycles. The van der Waals surface area contributed by atoms with Crippen LogP contribution in [0, 0.1) is 7.14 Å². The zero-order chi connectivity index (χ0) is 24.2. The van der Waals surface area contributed by atoms with Crippen molar-refractivity contribution in [1.82, 2.24) is 44.6 Å². The highest BCUT2D eigenvalue weighted by atomic mass is 127. The fourth-order valence-corrected chi connectivity index (χ4v) is 6.43. The average molecular weight is 731 g/mol. The molecule has 0 N–H and O–H groups in total. The van der Waals surface area contributed by atoms with Crippen molar-refractivity contribution in [1.29, 1.82) is 0 Å². The maximum absolute atomic E-state index is 4.87. The molecule has 0 atom stereocenters. The lowest BCUT2D eigenvalue weighted by molar-refractivity contribution is 0.962. The minimum Gasteiger partial charge on any atom is -0.243 e. The second kappa shape index (κ2) is 8.89. The summed E-state index contributed by atoms with van der Waals surface area (Å²) in [4.78, 5) is 6.30. The first-order valence-electron chi connectivity index (χ1n) is 10.6. The van der Waals surface area contributed by atoms with Crippen molar-refractivity contribution in [3.63, 3.8) is 0 Å². The summed E-state index contributed by atoms with van der Waals surface area (Å²) >= 11 is 7.48. The first kappa shape index (κ1) is 22.3. The minimum absolute atomic E-state index is 0.707. The molecule has 9 nitrogen and oxygen atoms in total. The zero-order valence-electron chi connectivity index (χ0n) is 17.9. The van der Waals surface area contributed by atoms with E-state index in [1.165, 1.54) is 22.7 Å². The molecule has 0 spiro atoms. The molecule has 0 aliphatic carbocycles. The molecule has 174 valence electrons. The Morgan fingerprint density at radius 3 is 1.53 bits per heavy atom. The summed E-state index contributed by atoms with van der Waals surface area (Å²) in [5, 5.41) is 28.4. The van der Waals surface area contributed by atoms with Crippen molar-refractivity contribution in [3.05, 3.63) is 73.9 Å². The molecule has 7 aromatic rings. The van der Waals surface area contributed by atoms with Crippen LogP contribution in [0.2, 0.25) is 0 Å². The standard InChI is InChI=1S/C23H11I2N9S2/c24-14-6-1-4-12(10-14)18-27-29-22-33(18)31-20(35-22)16-8-3-9-17(26-16)21-32-34-19(28-30-23(34)36-21)13-5-2-7-15(25)11-13/h1-11H. The van der Waals surface area contributed by atoms with Crippen molar-refractivity contribution in [2.24, 2.45) is 0 Å². The molecule has 2 aromatic carbocycles. The Labute approximate surface area is 238 Å². The van der Waals surface area contributed by atoms with Gasteiger partial charge in [-0.15, -0.1) is 20.4 Å². The van der Waals surface area contributed by atoms with Crippen LogP contribution in [0.1, 0.15) is 0 Å². The first-order chi connectivity index (χ1) is 17.6. The zero-order valence-corrected chi connectivity index (χ0v) is 23.9. The highest BCUT2D eigenvalue weighted by molar-refractivity contribution is 14.1. The molecule has 0 amide bonds. The van der Waals surface area contributed by atoms with E-state index in [9.17, 15) is 0 Å². The fourth-order valence-electron chi connectivity index (χ4n) is 3.73. The molecular formula is C23H11I2N9S2. The highest BCUT2D eigenvalue weighted by Crippen LogP contribution is 2.31. The lowest BCUT2D eigenvalue weighted by Gasteiger charge is -2.00. The number of nitrogens with zero attached hydrogens (tertiary/aromatic N) is 9. The Morgan fingerprint density at radius 2 is 1.06 bits per heavy atom. The van der Waals surface area contributed by atoms with Gasteiger partial charge >= 0.3 is 0 Å².